The molecule has 8 nitrogen and oxygen atoms in total. The van der Waals surface area contributed by atoms with Gasteiger partial charge in [-0.1, -0.05) is 11.3 Å². The highest BCUT2D eigenvalue weighted by molar-refractivity contribution is 7.18. The minimum Gasteiger partial charge on any atom is -0.383 e. The lowest BCUT2D eigenvalue weighted by Gasteiger charge is -2.16. The lowest BCUT2D eigenvalue weighted by Crippen LogP contribution is -2.31. The number of rotatable bonds is 6. The average molecular weight is 322 g/mol. The molecule has 1 aromatic carbocycles. The van der Waals surface area contributed by atoms with Crippen LogP contribution in [0.5, 0.6) is 0 Å². The van der Waals surface area contributed by atoms with Crippen LogP contribution in [0.15, 0.2) is 24.3 Å². The van der Waals surface area contributed by atoms with E-state index in [0.29, 0.717) is 28.9 Å². The Kier molecular flexibility index (Phi) is 5.12. The van der Waals surface area contributed by atoms with Gasteiger partial charge in [0.05, 0.1) is 18.1 Å². The van der Waals surface area contributed by atoms with Crippen molar-refractivity contribution in [2.45, 2.75) is 6.92 Å². The molecule has 0 saturated heterocycles. The van der Waals surface area contributed by atoms with E-state index >= 15 is 0 Å². The quantitative estimate of drug-likeness (QED) is 0.596. The Morgan fingerprint density at radius 2 is 2.05 bits per heavy atom. The Labute approximate surface area is 130 Å². The molecule has 0 radical (unpaired) electrons. The van der Waals surface area contributed by atoms with Gasteiger partial charge in [-0.05, 0) is 12.1 Å². The number of carbonyl (C=O) groups is 1. The molecule has 0 saturated carbocycles. The van der Waals surface area contributed by atoms with Gasteiger partial charge in [0.25, 0.3) is 5.69 Å². The third-order valence-electron chi connectivity index (χ3n) is 2.87. The van der Waals surface area contributed by atoms with E-state index in [1.54, 1.807) is 19.2 Å². The number of amides is 1. The van der Waals surface area contributed by atoms with Crippen LogP contribution in [0.4, 0.5) is 10.8 Å². The first-order valence-electron chi connectivity index (χ1n) is 6.38. The third kappa shape index (κ3) is 3.62. The molecule has 1 heterocycles. The van der Waals surface area contributed by atoms with Crippen molar-refractivity contribution in [3.8, 4) is 10.6 Å². The van der Waals surface area contributed by atoms with Gasteiger partial charge in [0, 0.05) is 31.7 Å². The molecule has 2 rings (SSSR count). The molecule has 0 fully saturated rings. The highest BCUT2D eigenvalue weighted by Crippen LogP contribution is 2.29. The number of carbonyl (C=O) groups excluding carboxylic acids is 1. The van der Waals surface area contributed by atoms with Crippen molar-refractivity contribution in [2.75, 3.05) is 25.2 Å². The van der Waals surface area contributed by atoms with E-state index in [1.165, 1.54) is 35.3 Å². The molecule has 0 aliphatic heterocycles. The molecule has 0 aliphatic rings. The van der Waals surface area contributed by atoms with Gasteiger partial charge in [0.15, 0.2) is 0 Å². The summed E-state index contributed by atoms with van der Waals surface area (Å²) in [6, 6.07) is 6.03. The molecule has 1 aromatic heterocycles. The summed E-state index contributed by atoms with van der Waals surface area (Å²) >= 11 is 1.24. The summed E-state index contributed by atoms with van der Waals surface area (Å²) in [4.78, 5) is 23.3. The second-order valence-corrected chi connectivity index (χ2v) is 5.31. The van der Waals surface area contributed by atoms with Crippen molar-refractivity contribution in [1.29, 1.82) is 0 Å². The maximum absolute atomic E-state index is 11.6. The van der Waals surface area contributed by atoms with Gasteiger partial charge >= 0.3 is 0 Å². The van der Waals surface area contributed by atoms with Crippen LogP contribution in [-0.2, 0) is 9.53 Å². The summed E-state index contributed by atoms with van der Waals surface area (Å²) in [7, 11) is 1.56. The smallest absolute Gasteiger partial charge is 0.269 e. The first-order chi connectivity index (χ1) is 10.5. The highest BCUT2D eigenvalue weighted by Gasteiger charge is 2.17. The number of nitrogens with zero attached hydrogens (tertiary/aromatic N) is 4. The second-order valence-electron chi connectivity index (χ2n) is 4.36. The molecule has 0 spiro atoms. The van der Waals surface area contributed by atoms with Crippen LogP contribution in [0, 0.1) is 10.1 Å². The van der Waals surface area contributed by atoms with E-state index in [2.05, 4.69) is 10.2 Å². The Morgan fingerprint density at radius 3 is 2.59 bits per heavy atom. The summed E-state index contributed by atoms with van der Waals surface area (Å²) in [6.07, 6.45) is 0. The van der Waals surface area contributed by atoms with Crippen LogP contribution in [0.3, 0.4) is 0 Å². The van der Waals surface area contributed by atoms with Gasteiger partial charge in [-0.3, -0.25) is 19.8 Å². The fourth-order valence-corrected chi connectivity index (χ4v) is 2.66. The number of non-ortho nitro benzene ring substituents is 1. The maximum atomic E-state index is 11.6. The number of methoxy groups -OCH3 is 1. The minimum atomic E-state index is -0.461. The number of hydrogen-bond acceptors (Lipinski definition) is 7. The van der Waals surface area contributed by atoms with Crippen molar-refractivity contribution in [1.82, 2.24) is 10.2 Å². The summed E-state index contributed by atoms with van der Waals surface area (Å²) in [5, 5.41) is 19.7. The number of anilines is 1. The van der Waals surface area contributed by atoms with Gasteiger partial charge in [0.1, 0.15) is 5.01 Å². The summed E-state index contributed by atoms with van der Waals surface area (Å²) < 4.78 is 4.97. The summed E-state index contributed by atoms with van der Waals surface area (Å²) in [5.41, 5.74) is 0.725. The van der Waals surface area contributed by atoms with Crippen LogP contribution in [0.2, 0.25) is 0 Å². The molecule has 0 atom stereocenters. The number of ether oxygens (including phenoxy) is 1. The third-order valence-corrected chi connectivity index (χ3v) is 3.86. The Bertz CT molecular complexity index is 671. The first-order valence-corrected chi connectivity index (χ1v) is 7.20. The molecule has 22 heavy (non-hydrogen) atoms. The molecule has 0 N–H and O–H groups in total. The first kappa shape index (κ1) is 16.0. The molecular formula is C13H14N4O4S. The molecule has 2 aromatic rings. The van der Waals surface area contributed by atoms with Gasteiger partial charge < -0.3 is 4.74 Å². The molecule has 9 heteroatoms. The molecule has 116 valence electrons. The van der Waals surface area contributed by atoms with Crippen LogP contribution in [0.1, 0.15) is 6.92 Å². The summed E-state index contributed by atoms with van der Waals surface area (Å²) in [6.45, 7) is 2.23. The zero-order chi connectivity index (χ0) is 16.1. The van der Waals surface area contributed by atoms with Gasteiger partial charge in [-0.25, -0.2) is 0 Å². The SMILES string of the molecule is COCCN(C(C)=O)c1nnc(-c2ccc([N+](=O)[O-])cc2)s1. The van der Waals surface area contributed by atoms with Crippen molar-refractivity contribution < 1.29 is 14.5 Å². The van der Waals surface area contributed by atoms with Crippen LogP contribution >= 0.6 is 11.3 Å². The average Bonchev–Trinajstić information content (AvgIpc) is 2.97. The largest absolute Gasteiger partial charge is 0.383 e. The Hall–Kier alpha value is -2.39. The number of nitro benzene ring substituents is 1. The molecule has 1 amide bonds. The zero-order valence-corrected chi connectivity index (χ0v) is 12.9. The topological polar surface area (TPSA) is 98.5 Å². The standard InChI is InChI=1S/C13H14N4O4S/c1-9(18)16(7-8-21-2)13-15-14-12(22-13)10-3-5-11(6-4-10)17(19)20/h3-6H,7-8H2,1-2H3. The molecular weight excluding hydrogens is 308 g/mol. The molecule has 0 bridgehead atoms. The number of aromatic nitrogens is 2. The maximum Gasteiger partial charge on any atom is 0.269 e. The van der Waals surface area contributed by atoms with Crippen molar-refractivity contribution in [3.05, 3.63) is 34.4 Å². The second kappa shape index (κ2) is 7.05. The number of benzene rings is 1. The van der Waals surface area contributed by atoms with E-state index in [4.69, 9.17) is 4.74 Å². The number of hydrogen-bond donors (Lipinski definition) is 0. The van der Waals surface area contributed by atoms with E-state index in [-0.39, 0.29) is 11.6 Å². The van der Waals surface area contributed by atoms with Gasteiger partial charge in [-0.15, -0.1) is 10.2 Å². The van der Waals surface area contributed by atoms with Gasteiger partial charge in [0.2, 0.25) is 11.0 Å². The fourth-order valence-electron chi connectivity index (χ4n) is 1.74. The molecule has 0 unspecified atom stereocenters. The predicted octanol–water partition coefficient (Wildman–Crippen LogP) is 2.11. The summed E-state index contributed by atoms with van der Waals surface area (Å²) in [5.74, 6) is -0.150. The van der Waals surface area contributed by atoms with Crippen LogP contribution in [0.25, 0.3) is 10.6 Å². The van der Waals surface area contributed by atoms with Crippen LogP contribution < -0.4 is 4.90 Å². The van der Waals surface area contributed by atoms with E-state index in [9.17, 15) is 14.9 Å². The lowest BCUT2D eigenvalue weighted by molar-refractivity contribution is -0.384. The molecule has 0 aliphatic carbocycles. The number of nitro groups is 1. The fraction of sp³-hybridized carbons (Fsp3) is 0.308. The van der Waals surface area contributed by atoms with Crippen LogP contribution in [-0.4, -0.2) is 41.3 Å². The zero-order valence-electron chi connectivity index (χ0n) is 12.1. The van der Waals surface area contributed by atoms with Gasteiger partial charge in [-0.2, -0.15) is 0 Å². The van der Waals surface area contributed by atoms with E-state index in [1.807, 2.05) is 0 Å². The van der Waals surface area contributed by atoms with Crippen molar-refractivity contribution in [3.63, 3.8) is 0 Å². The highest BCUT2D eigenvalue weighted by atomic mass is 32.1. The van der Waals surface area contributed by atoms with Crippen molar-refractivity contribution >= 4 is 28.1 Å². The monoisotopic (exact) mass is 322 g/mol. The Morgan fingerprint density at radius 1 is 1.36 bits per heavy atom. The van der Waals surface area contributed by atoms with Crippen molar-refractivity contribution in [2.24, 2.45) is 0 Å². The minimum absolute atomic E-state index is 0.0129. The lowest BCUT2D eigenvalue weighted by atomic mass is 10.2. The normalized spacial score (nSPS) is 10.5. The van der Waals surface area contributed by atoms with E-state index < -0.39 is 4.92 Å². The predicted molar refractivity (Wildman–Crippen MR) is 81.9 cm³/mol. The van der Waals surface area contributed by atoms with E-state index in [0.717, 1.165) is 0 Å². The Balaban J connectivity index is 2.22.